The van der Waals surface area contributed by atoms with Gasteiger partial charge >= 0.3 is 0 Å². The van der Waals surface area contributed by atoms with Gasteiger partial charge in [-0.05, 0) is 55.2 Å². The summed E-state index contributed by atoms with van der Waals surface area (Å²) in [5.74, 6) is -0.180. The minimum atomic E-state index is -0.104. The second-order valence-electron chi connectivity index (χ2n) is 10.7. The van der Waals surface area contributed by atoms with Gasteiger partial charge in [-0.15, -0.1) is 0 Å². The van der Waals surface area contributed by atoms with Crippen molar-refractivity contribution < 1.29 is 24.1 Å². The molecule has 9 heteroatoms. The van der Waals surface area contributed by atoms with E-state index in [4.69, 9.17) is 19.8 Å². The standard InChI is InChI=1S/C36H46N4O5/c37-25-13-4-15-27-39(44-30-33-19-7-2-8-20-33)36(42)24-12-16-28-40(45-31-34-21-9-3-10-22-34)35(41)23-11-14-26-38-43-29-32-17-5-1-6-18-32/h1-3,5-10,17-22,38H,4,11-16,23-24,26-31H2. The molecule has 0 unspecified atom stereocenters. The van der Waals surface area contributed by atoms with Crippen LogP contribution < -0.4 is 5.48 Å². The maximum atomic E-state index is 13.1. The quantitative estimate of drug-likeness (QED) is 0.0941. The molecule has 0 spiro atoms. The Balaban J connectivity index is 1.42. The molecule has 0 heterocycles. The average Bonchev–Trinajstić information content (AvgIpc) is 3.08. The summed E-state index contributed by atoms with van der Waals surface area (Å²) in [4.78, 5) is 43.5. The van der Waals surface area contributed by atoms with Gasteiger partial charge in [0.2, 0.25) is 11.8 Å². The molecule has 0 aliphatic heterocycles. The summed E-state index contributed by atoms with van der Waals surface area (Å²) in [6.45, 7) is 2.56. The lowest BCUT2D eigenvalue weighted by atomic mass is 10.2. The summed E-state index contributed by atoms with van der Waals surface area (Å²) in [5, 5.41) is 11.7. The van der Waals surface area contributed by atoms with E-state index in [1.807, 2.05) is 91.0 Å². The van der Waals surface area contributed by atoms with Crippen LogP contribution in [0.3, 0.4) is 0 Å². The molecule has 0 fully saturated rings. The number of nitrogens with zero attached hydrogens (tertiary/aromatic N) is 3. The molecule has 3 aromatic carbocycles. The number of carbonyl (C=O) groups is 2. The van der Waals surface area contributed by atoms with E-state index in [2.05, 4.69) is 11.5 Å². The van der Waals surface area contributed by atoms with Crippen molar-refractivity contribution in [2.24, 2.45) is 0 Å². The van der Waals surface area contributed by atoms with Crippen molar-refractivity contribution in [1.29, 1.82) is 5.26 Å². The highest BCUT2D eigenvalue weighted by Gasteiger charge is 2.17. The van der Waals surface area contributed by atoms with Crippen molar-refractivity contribution in [3.63, 3.8) is 0 Å². The first-order valence-corrected chi connectivity index (χ1v) is 15.9. The van der Waals surface area contributed by atoms with Crippen molar-refractivity contribution in [3.8, 4) is 6.07 Å². The van der Waals surface area contributed by atoms with Crippen molar-refractivity contribution in [3.05, 3.63) is 108 Å². The van der Waals surface area contributed by atoms with Gasteiger partial charge in [-0.2, -0.15) is 5.26 Å². The fourth-order valence-corrected chi connectivity index (χ4v) is 4.47. The predicted molar refractivity (Wildman–Crippen MR) is 172 cm³/mol. The first-order chi connectivity index (χ1) is 22.2. The molecule has 0 aliphatic carbocycles. The molecular formula is C36H46N4O5. The lowest BCUT2D eigenvalue weighted by Gasteiger charge is -2.23. The predicted octanol–water partition coefficient (Wildman–Crippen LogP) is 6.66. The second kappa shape index (κ2) is 22.4. The fraction of sp³-hybridized carbons (Fsp3) is 0.417. The molecule has 0 bridgehead atoms. The third-order valence-corrected chi connectivity index (χ3v) is 7.02. The van der Waals surface area contributed by atoms with E-state index in [1.165, 1.54) is 10.1 Å². The molecule has 0 aromatic heterocycles. The highest BCUT2D eigenvalue weighted by molar-refractivity contribution is 5.75. The largest absolute Gasteiger partial charge is 0.297 e. The second-order valence-corrected chi connectivity index (χ2v) is 10.7. The Labute approximate surface area is 267 Å². The molecule has 1 N–H and O–H groups in total. The van der Waals surface area contributed by atoms with Crippen LogP contribution in [0.15, 0.2) is 91.0 Å². The summed E-state index contributed by atoms with van der Waals surface area (Å²) < 4.78 is 0. The van der Waals surface area contributed by atoms with Crippen LogP contribution in [0.4, 0.5) is 0 Å². The Morgan fingerprint density at radius 1 is 0.600 bits per heavy atom. The molecule has 2 amide bonds. The van der Waals surface area contributed by atoms with Crippen LogP contribution in [0.1, 0.15) is 74.5 Å². The number of unbranched alkanes of at least 4 members (excludes halogenated alkanes) is 4. The summed E-state index contributed by atoms with van der Waals surface area (Å²) in [6, 6.07) is 31.5. The maximum absolute atomic E-state index is 13.1. The normalized spacial score (nSPS) is 10.7. The zero-order valence-corrected chi connectivity index (χ0v) is 26.1. The minimum absolute atomic E-state index is 0.0761. The fourth-order valence-electron chi connectivity index (χ4n) is 4.47. The number of nitriles is 1. The molecular weight excluding hydrogens is 568 g/mol. The number of benzene rings is 3. The molecule has 0 saturated carbocycles. The first kappa shape index (κ1) is 35.4. The Morgan fingerprint density at radius 2 is 1.04 bits per heavy atom. The van der Waals surface area contributed by atoms with Crippen molar-refractivity contribution in [2.45, 2.75) is 77.6 Å². The number of nitrogens with one attached hydrogen (secondary N) is 1. The Bertz CT molecular complexity index is 1250. The van der Waals surface area contributed by atoms with Gasteiger partial charge in [-0.1, -0.05) is 91.0 Å². The Kier molecular flexibility index (Phi) is 17.7. The Morgan fingerprint density at radius 3 is 1.53 bits per heavy atom. The Hall–Kier alpha value is -4.07. The molecule has 0 aliphatic rings. The van der Waals surface area contributed by atoms with Crippen LogP contribution in [-0.4, -0.2) is 41.6 Å². The zero-order chi connectivity index (χ0) is 31.8. The average molecular weight is 615 g/mol. The molecule has 0 saturated heterocycles. The van der Waals surface area contributed by atoms with Gasteiger partial charge < -0.3 is 0 Å². The molecule has 240 valence electrons. The molecule has 0 radical (unpaired) electrons. The molecule has 3 aromatic rings. The summed E-state index contributed by atoms with van der Waals surface area (Å²) >= 11 is 0. The minimum Gasteiger partial charge on any atom is -0.297 e. The van der Waals surface area contributed by atoms with Gasteiger partial charge in [-0.3, -0.25) is 24.1 Å². The highest BCUT2D eigenvalue weighted by atomic mass is 16.7. The molecule has 3 rings (SSSR count). The van der Waals surface area contributed by atoms with Gasteiger partial charge in [0.05, 0.1) is 12.7 Å². The highest BCUT2D eigenvalue weighted by Crippen LogP contribution is 2.12. The van der Waals surface area contributed by atoms with Crippen LogP contribution in [0.25, 0.3) is 0 Å². The van der Waals surface area contributed by atoms with Crippen LogP contribution in [-0.2, 0) is 43.9 Å². The lowest BCUT2D eigenvalue weighted by molar-refractivity contribution is -0.194. The number of carbonyl (C=O) groups excluding carboxylic acids is 2. The van der Waals surface area contributed by atoms with E-state index in [1.54, 1.807) is 0 Å². The third-order valence-electron chi connectivity index (χ3n) is 7.02. The molecule has 9 nitrogen and oxygen atoms in total. The van der Waals surface area contributed by atoms with Crippen LogP contribution >= 0.6 is 0 Å². The number of hydroxylamine groups is 5. The SMILES string of the molecule is N#CCCCCN(OCc1ccccc1)C(=O)CCCCN(OCc1ccccc1)C(=O)CCCCNOCc1ccccc1. The lowest BCUT2D eigenvalue weighted by Crippen LogP contribution is -2.33. The number of hydrogen-bond acceptors (Lipinski definition) is 7. The van der Waals surface area contributed by atoms with Crippen LogP contribution in [0, 0.1) is 11.3 Å². The first-order valence-electron chi connectivity index (χ1n) is 15.9. The summed E-state index contributed by atoms with van der Waals surface area (Å²) in [7, 11) is 0. The number of hydrogen-bond donors (Lipinski definition) is 1. The summed E-state index contributed by atoms with van der Waals surface area (Å²) in [6.07, 6.45) is 5.19. The van der Waals surface area contributed by atoms with Crippen molar-refractivity contribution in [2.75, 3.05) is 19.6 Å². The van der Waals surface area contributed by atoms with Crippen molar-refractivity contribution >= 4 is 11.8 Å². The third kappa shape index (κ3) is 15.5. The molecule has 45 heavy (non-hydrogen) atoms. The van der Waals surface area contributed by atoms with E-state index in [0.29, 0.717) is 90.8 Å². The maximum Gasteiger partial charge on any atom is 0.246 e. The van der Waals surface area contributed by atoms with Gasteiger partial charge in [0, 0.05) is 38.9 Å². The smallest absolute Gasteiger partial charge is 0.246 e. The topological polar surface area (TPSA) is 104 Å². The van der Waals surface area contributed by atoms with E-state index in [9.17, 15) is 9.59 Å². The van der Waals surface area contributed by atoms with E-state index in [0.717, 1.165) is 23.1 Å². The van der Waals surface area contributed by atoms with Gasteiger partial charge in [0.25, 0.3) is 0 Å². The zero-order valence-electron chi connectivity index (χ0n) is 26.1. The monoisotopic (exact) mass is 614 g/mol. The van der Waals surface area contributed by atoms with Crippen molar-refractivity contribution in [1.82, 2.24) is 15.6 Å². The summed E-state index contributed by atoms with van der Waals surface area (Å²) in [5.41, 5.74) is 6.02. The van der Waals surface area contributed by atoms with Gasteiger partial charge in [0.1, 0.15) is 13.2 Å². The molecule has 0 atom stereocenters. The van der Waals surface area contributed by atoms with E-state index < -0.39 is 0 Å². The van der Waals surface area contributed by atoms with Gasteiger partial charge in [0.15, 0.2) is 0 Å². The number of amides is 2. The number of rotatable bonds is 23. The van der Waals surface area contributed by atoms with E-state index in [-0.39, 0.29) is 11.8 Å². The van der Waals surface area contributed by atoms with E-state index >= 15 is 0 Å². The van der Waals surface area contributed by atoms with Gasteiger partial charge in [-0.25, -0.2) is 15.6 Å². The van der Waals surface area contributed by atoms with Crippen LogP contribution in [0.2, 0.25) is 0 Å². The van der Waals surface area contributed by atoms with Crippen LogP contribution in [0.5, 0.6) is 0 Å².